The first-order valence-electron chi connectivity index (χ1n) is 6.53. The summed E-state index contributed by atoms with van der Waals surface area (Å²) in [5.41, 5.74) is -1.12. The lowest BCUT2D eigenvalue weighted by Crippen LogP contribution is -2.32. The molecule has 0 aliphatic heterocycles. The summed E-state index contributed by atoms with van der Waals surface area (Å²) >= 11 is 0. The van der Waals surface area contributed by atoms with Crippen molar-refractivity contribution in [3.8, 4) is 0 Å². The molecule has 1 aromatic rings. The normalized spacial score (nSPS) is 13.3. The van der Waals surface area contributed by atoms with E-state index in [1.165, 1.54) is 18.2 Å². The molecule has 0 fully saturated rings. The molecule has 4 nitrogen and oxygen atoms in total. The number of carbonyl (C=O) groups is 1. The van der Waals surface area contributed by atoms with Crippen molar-refractivity contribution in [2.75, 3.05) is 25.5 Å². The Morgan fingerprint density at radius 1 is 1.38 bits per heavy atom. The Morgan fingerprint density at radius 2 is 2.00 bits per heavy atom. The SMILES string of the molecule is CC(O)CCN(C)CC(=O)Nc1ccccc1C(F)(F)F. The van der Waals surface area contributed by atoms with Gasteiger partial charge in [-0.1, -0.05) is 12.1 Å². The topological polar surface area (TPSA) is 52.6 Å². The van der Waals surface area contributed by atoms with Crippen molar-refractivity contribution in [2.45, 2.75) is 25.6 Å². The summed E-state index contributed by atoms with van der Waals surface area (Å²) in [5.74, 6) is -0.528. The Kier molecular flexibility index (Phi) is 6.17. The molecule has 118 valence electrons. The monoisotopic (exact) mass is 304 g/mol. The molecule has 0 spiro atoms. The third kappa shape index (κ3) is 6.14. The molecule has 0 radical (unpaired) electrons. The average Bonchev–Trinajstić information content (AvgIpc) is 2.35. The van der Waals surface area contributed by atoms with Gasteiger partial charge in [0.25, 0.3) is 0 Å². The van der Waals surface area contributed by atoms with E-state index in [4.69, 9.17) is 5.11 Å². The molecule has 1 amide bonds. The molecule has 0 heterocycles. The largest absolute Gasteiger partial charge is 0.418 e. The maximum atomic E-state index is 12.8. The molecule has 0 aliphatic rings. The number of carbonyl (C=O) groups excluding carboxylic acids is 1. The van der Waals surface area contributed by atoms with Crippen LogP contribution in [-0.4, -0.2) is 42.2 Å². The summed E-state index contributed by atoms with van der Waals surface area (Å²) in [6.45, 7) is 2.07. The van der Waals surface area contributed by atoms with E-state index in [-0.39, 0.29) is 12.2 Å². The van der Waals surface area contributed by atoms with Gasteiger partial charge in [-0.3, -0.25) is 9.69 Å². The highest BCUT2D eigenvalue weighted by Gasteiger charge is 2.33. The van der Waals surface area contributed by atoms with Gasteiger partial charge in [0.2, 0.25) is 5.91 Å². The highest BCUT2D eigenvalue weighted by atomic mass is 19.4. The zero-order valence-electron chi connectivity index (χ0n) is 11.9. The van der Waals surface area contributed by atoms with Crippen LogP contribution in [0.2, 0.25) is 0 Å². The number of alkyl halides is 3. The van der Waals surface area contributed by atoms with Gasteiger partial charge >= 0.3 is 6.18 Å². The lowest BCUT2D eigenvalue weighted by molar-refractivity contribution is -0.137. The molecule has 7 heteroatoms. The zero-order valence-corrected chi connectivity index (χ0v) is 11.9. The average molecular weight is 304 g/mol. The summed E-state index contributed by atoms with van der Waals surface area (Å²) in [6, 6.07) is 4.85. The zero-order chi connectivity index (χ0) is 16.0. The van der Waals surface area contributed by atoms with Gasteiger partial charge in [-0.15, -0.1) is 0 Å². The van der Waals surface area contributed by atoms with Crippen molar-refractivity contribution in [1.82, 2.24) is 4.90 Å². The number of para-hydroxylation sites is 1. The van der Waals surface area contributed by atoms with Gasteiger partial charge in [0.15, 0.2) is 0 Å². The second-order valence-corrected chi connectivity index (χ2v) is 4.97. The van der Waals surface area contributed by atoms with Gasteiger partial charge in [-0.25, -0.2) is 0 Å². The summed E-state index contributed by atoms with van der Waals surface area (Å²) in [7, 11) is 1.66. The minimum Gasteiger partial charge on any atom is -0.393 e. The molecule has 0 saturated heterocycles. The molecule has 0 aromatic heterocycles. The van der Waals surface area contributed by atoms with Gasteiger partial charge in [-0.05, 0) is 32.5 Å². The first kappa shape index (κ1) is 17.5. The fourth-order valence-corrected chi connectivity index (χ4v) is 1.76. The van der Waals surface area contributed by atoms with Crippen molar-refractivity contribution in [2.24, 2.45) is 0 Å². The van der Waals surface area contributed by atoms with Crippen molar-refractivity contribution in [1.29, 1.82) is 0 Å². The molecular weight excluding hydrogens is 285 g/mol. The summed E-state index contributed by atoms with van der Waals surface area (Å²) in [5, 5.41) is 11.4. The van der Waals surface area contributed by atoms with Crippen LogP contribution in [0.1, 0.15) is 18.9 Å². The van der Waals surface area contributed by atoms with E-state index in [9.17, 15) is 18.0 Å². The fraction of sp³-hybridized carbons (Fsp3) is 0.500. The van der Waals surface area contributed by atoms with Crippen molar-refractivity contribution < 1.29 is 23.1 Å². The molecule has 0 saturated carbocycles. The highest BCUT2D eigenvalue weighted by molar-refractivity contribution is 5.93. The molecule has 0 aliphatic carbocycles. The highest BCUT2D eigenvalue weighted by Crippen LogP contribution is 2.34. The Balaban J connectivity index is 2.63. The van der Waals surface area contributed by atoms with Crippen LogP contribution in [0.25, 0.3) is 0 Å². The Bertz CT molecular complexity index is 476. The van der Waals surface area contributed by atoms with Crippen LogP contribution in [0.4, 0.5) is 18.9 Å². The summed E-state index contributed by atoms with van der Waals surface area (Å²) < 4.78 is 38.3. The van der Waals surface area contributed by atoms with Gasteiger partial charge < -0.3 is 10.4 Å². The number of amides is 1. The van der Waals surface area contributed by atoms with E-state index >= 15 is 0 Å². The molecule has 21 heavy (non-hydrogen) atoms. The summed E-state index contributed by atoms with van der Waals surface area (Å²) in [6.07, 6.45) is -4.51. The van der Waals surface area contributed by atoms with Crippen LogP contribution in [0, 0.1) is 0 Å². The summed E-state index contributed by atoms with van der Waals surface area (Å²) in [4.78, 5) is 13.4. The van der Waals surface area contributed by atoms with Crippen LogP contribution >= 0.6 is 0 Å². The number of aliphatic hydroxyl groups is 1. The maximum Gasteiger partial charge on any atom is 0.418 e. The lowest BCUT2D eigenvalue weighted by Gasteiger charge is -2.18. The van der Waals surface area contributed by atoms with Crippen LogP contribution in [0.15, 0.2) is 24.3 Å². The number of benzene rings is 1. The van der Waals surface area contributed by atoms with E-state index in [2.05, 4.69) is 5.32 Å². The smallest absolute Gasteiger partial charge is 0.393 e. The van der Waals surface area contributed by atoms with Crippen molar-refractivity contribution in [3.63, 3.8) is 0 Å². The predicted octanol–water partition coefficient (Wildman–Crippen LogP) is 2.35. The molecule has 0 bridgehead atoms. The van der Waals surface area contributed by atoms with E-state index in [1.54, 1.807) is 18.9 Å². The van der Waals surface area contributed by atoms with Gasteiger partial charge in [-0.2, -0.15) is 13.2 Å². The number of nitrogens with one attached hydrogen (secondary N) is 1. The van der Waals surface area contributed by atoms with Gasteiger partial charge in [0, 0.05) is 6.54 Å². The minimum absolute atomic E-state index is 0.0427. The number of rotatable bonds is 6. The quantitative estimate of drug-likeness (QED) is 0.848. The van der Waals surface area contributed by atoms with Crippen LogP contribution in [0.3, 0.4) is 0 Å². The van der Waals surface area contributed by atoms with Gasteiger partial charge in [0.05, 0.1) is 23.9 Å². The third-order valence-electron chi connectivity index (χ3n) is 2.85. The van der Waals surface area contributed by atoms with E-state index < -0.39 is 23.8 Å². The number of likely N-dealkylation sites (N-methyl/N-ethyl adjacent to an activating group) is 1. The van der Waals surface area contributed by atoms with E-state index in [0.717, 1.165) is 6.07 Å². The lowest BCUT2D eigenvalue weighted by atomic mass is 10.1. The Labute approximate surface area is 121 Å². The number of halogens is 3. The molecule has 1 unspecified atom stereocenters. The molecule has 1 aromatic carbocycles. The second kappa shape index (κ2) is 7.42. The molecular formula is C14H19F3N2O2. The number of hydrogen-bond donors (Lipinski definition) is 2. The molecule has 1 rings (SSSR count). The van der Waals surface area contributed by atoms with Crippen LogP contribution in [0.5, 0.6) is 0 Å². The second-order valence-electron chi connectivity index (χ2n) is 4.97. The van der Waals surface area contributed by atoms with Crippen LogP contribution < -0.4 is 5.32 Å². The Morgan fingerprint density at radius 3 is 2.57 bits per heavy atom. The number of hydrogen-bond acceptors (Lipinski definition) is 3. The van der Waals surface area contributed by atoms with Crippen molar-refractivity contribution >= 4 is 11.6 Å². The van der Waals surface area contributed by atoms with E-state index in [0.29, 0.717) is 13.0 Å². The molecule has 2 N–H and O–H groups in total. The number of nitrogens with zero attached hydrogens (tertiary/aromatic N) is 1. The maximum absolute atomic E-state index is 12.8. The van der Waals surface area contributed by atoms with Crippen molar-refractivity contribution in [3.05, 3.63) is 29.8 Å². The van der Waals surface area contributed by atoms with Gasteiger partial charge in [0.1, 0.15) is 0 Å². The van der Waals surface area contributed by atoms with E-state index in [1.807, 2.05) is 0 Å². The number of anilines is 1. The predicted molar refractivity (Wildman–Crippen MR) is 73.9 cm³/mol. The first-order chi connectivity index (χ1) is 9.70. The fourth-order valence-electron chi connectivity index (χ4n) is 1.76. The third-order valence-corrected chi connectivity index (χ3v) is 2.85. The Hall–Kier alpha value is -1.60. The first-order valence-corrected chi connectivity index (χ1v) is 6.53. The number of aliphatic hydroxyl groups excluding tert-OH is 1. The minimum atomic E-state index is -4.51. The van der Waals surface area contributed by atoms with Crippen LogP contribution in [-0.2, 0) is 11.0 Å². The molecule has 1 atom stereocenters. The standard InChI is InChI=1S/C14H19F3N2O2/c1-10(20)7-8-19(2)9-13(21)18-12-6-4-3-5-11(12)14(15,16)17/h3-6,10,20H,7-9H2,1-2H3,(H,18,21).